The molecule has 0 saturated carbocycles. The molecule has 1 aromatic heterocycles. The normalized spacial score (nSPS) is 11.4. The smallest absolute Gasteiger partial charge is 0.274 e. The standard InChI is InChI=1S/C20H21N3O5S/c1-12(2)27-15-8-13(19-22-11-18(21)20(24)23-19)9-16(10-15)28-14-4-6-17(7-5-14)29(3,25)26/h4-12H,21H2,1-3H3,(H,22,23,24). The van der Waals surface area contributed by atoms with E-state index in [1.807, 2.05) is 13.8 Å². The minimum atomic E-state index is -3.29. The number of anilines is 1. The molecule has 0 unspecified atom stereocenters. The van der Waals surface area contributed by atoms with Crippen molar-refractivity contribution in [2.75, 3.05) is 12.0 Å². The van der Waals surface area contributed by atoms with E-state index in [0.29, 0.717) is 28.6 Å². The molecule has 0 radical (unpaired) electrons. The van der Waals surface area contributed by atoms with Crippen LogP contribution >= 0.6 is 0 Å². The fraction of sp³-hybridized carbons (Fsp3) is 0.200. The predicted octanol–water partition coefficient (Wildman–Crippen LogP) is 3.00. The van der Waals surface area contributed by atoms with Gasteiger partial charge in [0.15, 0.2) is 9.84 Å². The van der Waals surface area contributed by atoms with Gasteiger partial charge in [-0.15, -0.1) is 0 Å². The Hall–Kier alpha value is -3.33. The highest BCUT2D eigenvalue weighted by atomic mass is 32.2. The molecule has 0 aliphatic heterocycles. The molecule has 0 aliphatic rings. The third kappa shape index (κ3) is 5.14. The van der Waals surface area contributed by atoms with E-state index in [4.69, 9.17) is 15.2 Å². The van der Waals surface area contributed by atoms with Gasteiger partial charge in [0, 0.05) is 17.9 Å². The van der Waals surface area contributed by atoms with Crippen LogP contribution in [0.3, 0.4) is 0 Å². The van der Waals surface area contributed by atoms with Crippen LogP contribution in [0.2, 0.25) is 0 Å². The first-order chi connectivity index (χ1) is 13.6. The Labute approximate surface area is 168 Å². The number of nitrogen functional groups attached to an aromatic ring is 1. The van der Waals surface area contributed by atoms with Gasteiger partial charge in [0.05, 0.1) is 17.2 Å². The Balaban J connectivity index is 1.99. The molecule has 0 atom stereocenters. The summed E-state index contributed by atoms with van der Waals surface area (Å²) in [5.41, 5.74) is 5.69. The van der Waals surface area contributed by atoms with Crippen molar-refractivity contribution >= 4 is 15.5 Å². The third-order valence-corrected chi connectivity index (χ3v) is 4.97. The molecule has 0 saturated heterocycles. The fourth-order valence-corrected chi connectivity index (χ4v) is 3.18. The van der Waals surface area contributed by atoms with E-state index < -0.39 is 15.4 Å². The first kappa shape index (κ1) is 20.4. The van der Waals surface area contributed by atoms with Gasteiger partial charge in [-0.3, -0.25) is 4.79 Å². The zero-order chi connectivity index (χ0) is 21.2. The van der Waals surface area contributed by atoms with Gasteiger partial charge in [-0.25, -0.2) is 13.4 Å². The second-order valence-corrected chi connectivity index (χ2v) is 8.74. The van der Waals surface area contributed by atoms with Crippen molar-refractivity contribution < 1.29 is 17.9 Å². The summed E-state index contributed by atoms with van der Waals surface area (Å²) < 4.78 is 34.8. The number of benzene rings is 2. The van der Waals surface area contributed by atoms with E-state index in [9.17, 15) is 13.2 Å². The number of nitrogens with two attached hydrogens (primary N) is 1. The van der Waals surface area contributed by atoms with Crippen LogP contribution in [0.15, 0.2) is 58.4 Å². The van der Waals surface area contributed by atoms with Gasteiger partial charge in [-0.1, -0.05) is 0 Å². The average Bonchev–Trinajstić information content (AvgIpc) is 2.63. The van der Waals surface area contributed by atoms with Crippen molar-refractivity contribution in [2.45, 2.75) is 24.8 Å². The zero-order valence-corrected chi connectivity index (χ0v) is 17.0. The molecule has 3 aromatic rings. The van der Waals surface area contributed by atoms with Crippen molar-refractivity contribution in [3.8, 4) is 28.6 Å². The van der Waals surface area contributed by atoms with Crippen LogP contribution in [0, 0.1) is 0 Å². The summed E-state index contributed by atoms with van der Waals surface area (Å²) in [6, 6.07) is 11.2. The lowest BCUT2D eigenvalue weighted by Gasteiger charge is -2.14. The second kappa shape index (κ2) is 7.96. The van der Waals surface area contributed by atoms with Crippen LogP contribution in [0.25, 0.3) is 11.4 Å². The van der Waals surface area contributed by atoms with Crippen molar-refractivity contribution in [1.29, 1.82) is 0 Å². The van der Waals surface area contributed by atoms with Crippen molar-refractivity contribution in [3.05, 3.63) is 59.0 Å². The maximum absolute atomic E-state index is 11.8. The molecule has 1 heterocycles. The monoisotopic (exact) mass is 415 g/mol. The van der Waals surface area contributed by atoms with E-state index in [1.54, 1.807) is 30.3 Å². The summed E-state index contributed by atoms with van der Waals surface area (Å²) >= 11 is 0. The Bertz CT molecular complexity index is 1190. The van der Waals surface area contributed by atoms with Gasteiger partial charge in [-0.2, -0.15) is 0 Å². The number of nitrogens with zero attached hydrogens (tertiary/aromatic N) is 1. The Morgan fingerprint density at radius 3 is 2.28 bits per heavy atom. The Kier molecular flexibility index (Phi) is 5.60. The van der Waals surface area contributed by atoms with Crippen LogP contribution in [0.5, 0.6) is 17.2 Å². The predicted molar refractivity (Wildman–Crippen MR) is 110 cm³/mol. The molecular formula is C20H21N3O5S. The van der Waals surface area contributed by atoms with Gasteiger partial charge < -0.3 is 20.2 Å². The molecule has 0 amide bonds. The highest BCUT2D eigenvalue weighted by Gasteiger charge is 2.11. The summed E-state index contributed by atoms with van der Waals surface area (Å²) in [7, 11) is -3.29. The molecule has 9 heteroatoms. The molecule has 3 N–H and O–H groups in total. The molecule has 0 spiro atoms. The first-order valence-electron chi connectivity index (χ1n) is 8.77. The third-order valence-electron chi connectivity index (χ3n) is 3.84. The highest BCUT2D eigenvalue weighted by Crippen LogP contribution is 2.32. The highest BCUT2D eigenvalue weighted by molar-refractivity contribution is 7.90. The quantitative estimate of drug-likeness (QED) is 0.634. The number of aromatic amines is 1. The molecule has 0 bridgehead atoms. The summed E-state index contributed by atoms with van der Waals surface area (Å²) in [5.74, 6) is 1.73. The van der Waals surface area contributed by atoms with Crippen molar-refractivity contribution in [3.63, 3.8) is 0 Å². The number of hydrogen-bond donors (Lipinski definition) is 2. The maximum atomic E-state index is 11.8. The number of H-pyrrole nitrogens is 1. The fourth-order valence-electron chi connectivity index (χ4n) is 2.55. The zero-order valence-electron chi connectivity index (χ0n) is 16.2. The molecule has 3 rings (SSSR count). The van der Waals surface area contributed by atoms with Crippen LogP contribution in [-0.2, 0) is 9.84 Å². The van der Waals surface area contributed by atoms with Crippen molar-refractivity contribution in [1.82, 2.24) is 9.97 Å². The lowest BCUT2D eigenvalue weighted by atomic mass is 10.2. The summed E-state index contributed by atoms with van der Waals surface area (Å²) in [6.07, 6.45) is 2.35. The van der Waals surface area contributed by atoms with E-state index in [1.165, 1.54) is 18.3 Å². The van der Waals surface area contributed by atoms with E-state index in [2.05, 4.69) is 9.97 Å². The number of ether oxygens (including phenoxy) is 2. The van der Waals surface area contributed by atoms with Crippen LogP contribution < -0.4 is 20.8 Å². The minimum Gasteiger partial charge on any atom is -0.491 e. The Morgan fingerprint density at radius 2 is 1.69 bits per heavy atom. The molecular weight excluding hydrogens is 394 g/mol. The molecule has 0 aliphatic carbocycles. The lowest BCUT2D eigenvalue weighted by molar-refractivity contribution is 0.241. The van der Waals surface area contributed by atoms with Crippen molar-refractivity contribution in [2.24, 2.45) is 0 Å². The van der Waals surface area contributed by atoms with E-state index >= 15 is 0 Å². The minimum absolute atomic E-state index is 0.0192. The van der Waals surface area contributed by atoms with Crippen LogP contribution in [0.4, 0.5) is 5.69 Å². The molecule has 8 nitrogen and oxygen atoms in total. The second-order valence-electron chi connectivity index (χ2n) is 6.72. The van der Waals surface area contributed by atoms with Crippen LogP contribution in [-0.4, -0.2) is 30.7 Å². The SMILES string of the molecule is CC(C)Oc1cc(Oc2ccc(S(C)(=O)=O)cc2)cc(-c2ncc(N)c(=O)[nH]2)c1. The van der Waals surface area contributed by atoms with Gasteiger partial charge >= 0.3 is 0 Å². The lowest BCUT2D eigenvalue weighted by Crippen LogP contribution is -2.13. The number of nitrogens with one attached hydrogen (secondary N) is 1. The topological polar surface area (TPSA) is 124 Å². The average molecular weight is 415 g/mol. The van der Waals surface area contributed by atoms with Gasteiger partial charge in [-0.05, 0) is 50.2 Å². The largest absolute Gasteiger partial charge is 0.491 e. The molecule has 0 fully saturated rings. The summed E-state index contributed by atoms with van der Waals surface area (Å²) in [4.78, 5) is 18.8. The van der Waals surface area contributed by atoms with Gasteiger partial charge in [0.1, 0.15) is 28.8 Å². The van der Waals surface area contributed by atoms with E-state index in [-0.39, 0.29) is 16.7 Å². The summed E-state index contributed by atoms with van der Waals surface area (Å²) in [5, 5.41) is 0. The van der Waals surface area contributed by atoms with Gasteiger partial charge in [0.25, 0.3) is 5.56 Å². The molecule has 2 aromatic carbocycles. The van der Waals surface area contributed by atoms with Crippen LogP contribution in [0.1, 0.15) is 13.8 Å². The first-order valence-corrected chi connectivity index (χ1v) is 10.7. The van der Waals surface area contributed by atoms with E-state index in [0.717, 1.165) is 6.26 Å². The Morgan fingerprint density at radius 1 is 1.03 bits per heavy atom. The number of rotatable bonds is 6. The molecule has 29 heavy (non-hydrogen) atoms. The maximum Gasteiger partial charge on any atom is 0.274 e. The number of sulfone groups is 1. The summed E-state index contributed by atoms with van der Waals surface area (Å²) in [6.45, 7) is 3.78. The number of hydrogen-bond acceptors (Lipinski definition) is 7. The van der Waals surface area contributed by atoms with Gasteiger partial charge in [0.2, 0.25) is 0 Å². The number of aromatic nitrogens is 2. The molecule has 152 valence electrons.